The molecule has 0 aromatic carbocycles. The number of urea groups is 1. The molecule has 1 aliphatic heterocycles. The van der Waals surface area contributed by atoms with Crippen LogP contribution in [0.15, 0.2) is 22.8 Å². The standard InChI is InChI=1S/C15H24N2O2/c1-13(8-9-14-7-6-12-19-14)16-15(18)17-10-4-2-3-5-11-17/h6-7,12-13H,2-5,8-11H2,1H3,(H,16,18). The van der Waals surface area contributed by atoms with Crippen molar-refractivity contribution in [3.8, 4) is 0 Å². The maximum Gasteiger partial charge on any atom is 0.317 e. The van der Waals surface area contributed by atoms with Crippen molar-refractivity contribution in [1.82, 2.24) is 10.2 Å². The first kappa shape index (κ1) is 14.0. The average molecular weight is 264 g/mol. The van der Waals surface area contributed by atoms with Crippen LogP contribution in [0.3, 0.4) is 0 Å². The van der Waals surface area contributed by atoms with Crippen molar-refractivity contribution in [2.24, 2.45) is 0 Å². The molecule has 2 amide bonds. The number of carbonyl (C=O) groups excluding carboxylic acids is 1. The van der Waals surface area contributed by atoms with Crippen LogP contribution in [-0.4, -0.2) is 30.1 Å². The van der Waals surface area contributed by atoms with E-state index in [0.717, 1.165) is 44.5 Å². The Morgan fingerprint density at radius 3 is 2.74 bits per heavy atom. The van der Waals surface area contributed by atoms with Crippen LogP contribution in [0.5, 0.6) is 0 Å². The number of hydrogen-bond acceptors (Lipinski definition) is 2. The number of amides is 2. The molecule has 1 N–H and O–H groups in total. The summed E-state index contributed by atoms with van der Waals surface area (Å²) in [5, 5.41) is 3.09. The highest BCUT2D eigenvalue weighted by atomic mass is 16.3. The third-order valence-electron chi connectivity index (χ3n) is 3.67. The summed E-state index contributed by atoms with van der Waals surface area (Å²) in [6.07, 6.45) is 8.23. The summed E-state index contributed by atoms with van der Waals surface area (Å²) in [7, 11) is 0. The van der Waals surface area contributed by atoms with E-state index in [2.05, 4.69) is 12.2 Å². The lowest BCUT2D eigenvalue weighted by Gasteiger charge is -2.23. The number of furan rings is 1. The van der Waals surface area contributed by atoms with Crippen molar-refractivity contribution in [3.05, 3.63) is 24.2 Å². The normalized spacial score (nSPS) is 17.8. The van der Waals surface area contributed by atoms with Crippen molar-refractivity contribution >= 4 is 6.03 Å². The summed E-state index contributed by atoms with van der Waals surface area (Å²) in [5.41, 5.74) is 0. The van der Waals surface area contributed by atoms with Crippen LogP contribution in [0.1, 0.15) is 44.8 Å². The number of likely N-dealkylation sites (tertiary alicyclic amines) is 1. The summed E-state index contributed by atoms with van der Waals surface area (Å²) in [4.78, 5) is 14.1. The second-order valence-electron chi connectivity index (χ2n) is 5.37. The van der Waals surface area contributed by atoms with Crippen LogP contribution in [-0.2, 0) is 6.42 Å². The van der Waals surface area contributed by atoms with E-state index in [-0.39, 0.29) is 12.1 Å². The summed E-state index contributed by atoms with van der Waals surface area (Å²) < 4.78 is 5.30. The van der Waals surface area contributed by atoms with Gasteiger partial charge in [0, 0.05) is 25.6 Å². The quantitative estimate of drug-likeness (QED) is 0.907. The molecular weight excluding hydrogens is 240 g/mol. The second-order valence-corrected chi connectivity index (χ2v) is 5.37. The van der Waals surface area contributed by atoms with Gasteiger partial charge in [-0.15, -0.1) is 0 Å². The van der Waals surface area contributed by atoms with E-state index in [0.29, 0.717) is 0 Å². The van der Waals surface area contributed by atoms with E-state index in [1.54, 1.807) is 6.26 Å². The summed E-state index contributed by atoms with van der Waals surface area (Å²) >= 11 is 0. The molecule has 19 heavy (non-hydrogen) atoms. The van der Waals surface area contributed by atoms with Crippen LogP contribution in [0.2, 0.25) is 0 Å². The van der Waals surface area contributed by atoms with E-state index in [1.807, 2.05) is 17.0 Å². The predicted octanol–water partition coefficient (Wildman–Crippen LogP) is 3.19. The summed E-state index contributed by atoms with van der Waals surface area (Å²) in [5.74, 6) is 0.982. The Bertz CT molecular complexity index is 368. The Labute approximate surface area is 115 Å². The van der Waals surface area contributed by atoms with Crippen molar-refractivity contribution in [2.75, 3.05) is 13.1 Å². The maximum atomic E-state index is 12.1. The Morgan fingerprint density at radius 2 is 2.11 bits per heavy atom. The van der Waals surface area contributed by atoms with Gasteiger partial charge in [0.2, 0.25) is 0 Å². The fourth-order valence-corrected chi connectivity index (χ4v) is 2.46. The van der Waals surface area contributed by atoms with Crippen LogP contribution >= 0.6 is 0 Å². The Kier molecular flexibility index (Phi) is 5.31. The van der Waals surface area contributed by atoms with Gasteiger partial charge in [-0.3, -0.25) is 0 Å². The molecule has 1 unspecified atom stereocenters. The number of carbonyl (C=O) groups is 1. The lowest BCUT2D eigenvalue weighted by atomic mass is 10.1. The molecule has 0 spiro atoms. The third kappa shape index (κ3) is 4.62. The van der Waals surface area contributed by atoms with Gasteiger partial charge in [-0.1, -0.05) is 12.8 Å². The molecule has 4 nitrogen and oxygen atoms in total. The van der Waals surface area contributed by atoms with E-state index in [1.165, 1.54) is 12.8 Å². The molecule has 2 rings (SSSR count). The molecule has 0 radical (unpaired) electrons. The lowest BCUT2D eigenvalue weighted by molar-refractivity contribution is 0.195. The number of nitrogens with zero attached hydrogens (tertiary/aromatic N) is 1. The van der Waals surface area contributed by atoms with Gasteiger partial charge in [0.1, 0.15) is 5.76 Å². The molecule has 1 aromatic rings. The number of nitrogens with one attached hydrogen (secondary N) is 1. The monoisotopic (exact) mass is 264 g/mol. The van der Waals surface area contributed by atoms with E-state index in [9.17, 15) is 4.79 Å². The number of hydrogen-bond donors (Lipinski definition) is 1. The molecule has 2 heterocycles. The van der Waals surface area contributed by atoms with Gasteiger partial charge in [-0.05, 0) is 38.3 Å². The predicted molar refractivity (Wildman–Crippen MR) is 75.1 cm³/mol. The van der Waals surface area contributed by atoms with Gasteiger partial charge in [0.15, 0.2) is 0 Å². The minimum Gasteiger partial charge on any atom is -0.469 e. The molecule has 0 bridgehead atoms. The Morgan fingerprint density at radius 1 is 1.37 bits per heavy atom. The van der Waals surface area contributed by atoms with Crippen molar-refractivity contribution in [2.45, 2.75) is 51.5 Å². The second kappa shape index (κ2) is 7.22. The third-order valence-corrected chi connectivity index (χ3v) is 3.67. The zero-order valence-electron chi connectivity index (χ0n) is 11.7. The van der Waals surface area contributed by atoms with E-state index >= 15 is 0 Å². The maximum absolute atomic E-state index is 12.1. The smallest absolute Gasteiger partial charge is 0.317 e. The molecule has 1 aliphatic rings. The highest BCUT2D eigenvalue weighted by Crippen LogP contribution is 2.10. The molecule has 1 saturated heterocycles. The van der Waals surface area contributed by atoms with Gasteiger partial charge >= 0.3 is 6.03 Å². The van der Waals surface area contributed by atoms with E-state index in [4.69, 9.17) is 4.42 Å². The molecule has 4 heteroatoms. The zero-order valence-corrected chi connectivity index (χ0v) is 11.7. The highest BCUT2D eigenvalue weighted by molar-refractivity contribution is 5.74. The fraction of sp³-hybridized carbons (Fsp3) is 0.667. The van der Waals surface area contributed by atoms with E-state index < -0.39 is 0 Å². The molecule has 0 aliphatic carbocycles. The van der Waals surface area contributed by atoms with Gasteiger partial charge in [0.25, 0.3) is 0 Å². The Balaban J connectivity index is 1.71. The Hall–Kier alpha value is -1.45. The van der Waals surface area contributed by atoms with Crippen LogP contribution in [0, 0.1) is 0 Å². The molecular formula is C15H24N2O2. The number of rotatable bonds is 4. The fourth-order valence-electron chi connectivity index (χ4n) is 2.46. The first-order chi connectivity index (χ1) is 9.25. The minimum atomic E-state index is 0.0915. The summed E-state index contributed by atoms with van der Waals surface area (Å²) in [6, 6.07) is 4.15. The van der Waals surface area contributed by atoms with Crippen LogP contribution in [0.25, 0.3) is 0 Å². The van der Waals surface area contributed by atoms with Crippen molar-refractivity contribution < 1.29 is 9.21 Å². The van der Waals surface area contributed by atoms with Gasteiger partial charge in [-0.25, -0.2) is 4.79 Å². The minimum absolute atomic E-state index is 0.0915. The molecule has 1 atom stereocenters. The van der Waals surface area contributed by atoms with Gasteiger partial charge in [0.05, 0.1) is 6.26 Å². The topological polar surface area (TPSA) is 45.5 Å². The largest absolute Gasteiger partial charge is 0.469 e. The highest BCUT2D eigenvalue weighted by Gasteiger charge is 2.17. The van der Waals surface area contributed by atoms with Crippen molar-refractivity contribution in [1.29, 1.82) is 0 Å². The molecule has 1 aromatic heterocycles. The molecule has 0 saturated carbocycles. The lowest BCUT2D eigenvalue weighted by Crippen LogP contribution is -2.44. The van der Waals surface area contributed by atoms with Crippen LogP contribution in [0.4, 0.5) is 4.79 Å². The first-order valence-electron chi connectivity index (χ1n) is 7.33. The summed E-state index contributed by atoms with van der Waals surface area (Å²) in [6.45, 7) is 3.85. The first-order valence-corrected chi connectivity index (χ1v) is 7.33. The van der Waals surface area contributed by atoms with Crippen molar-refractivity contribution in [3.63, 3.8) is 0 Å². The number of aryl methyl sites for hydroxylation is 1. The van der Waals surface area contributed by atoms with Gasteiger partial charge in [-0.2, -0.15) is 0 Å². The van der Waals surface area contributed by atoms with Gasteiger partial charge < -0.3 is 14.6 Å². The SMILES string of the molecule is CC(CCc1ccco1)NC(=O)N1CCCCCC1. The zero-order chi connectivity index (χ0) is 13.5. The molecule has 106 valence electrons. The average Bonchev–Trinajstić information content (AvgIpc) is 2.76. The van der Waals surface area contributed by atoms with Crippen LogP contribution < -0.4 is 5.32 Å². The molecule has 1 fully saturated rings.